The highest BCUT2D eigenvalue weighted by Gasteiger charge is 2.66. The highest BCUT2D eigenvalue weighted by Crippen LogP contribution is 2.73. The van der Waals surface area contributed by atoms with Crippen molar-refractivity contribution in [3.8, 4) is 0 Å². The van der Waals surface area contributed by atoms with Crippen molar-refractivity contribution >= 4 is 0 Å². The minimum atomic E-state index is 0.659. The maximum Gasteiger partial charge on any atom is -0.0243 e. The molecule has 3 fully saturated rings. The van der Waals surface area contributed by atoms with Crippen molar-refractivity contribution in [3.63, 3.8) is 0 Å². The second kappa shape index (κ2) is 1.44. The van der Waals surface area contributed by atoms with Gasteiger partial charge in [0.1, 0.15) is 0 Å². The van der Waals surface area contributed by atoms with Crippen LogP contribution < -0.4 is 0 Å². The fraction of sp³-hybridized carbons (Fsp3) is 1.00. The molecule has 0 saturated heterocycles. The lowest BCUT2D eigenvalue weighted by Gasteiger charge is -2.59. The molecule has 0 aromatic heterocycles. The molecule has 3 atom stereocenters. The van der Waals surface area contributed by atoms with Crippen molar-refractivity contribution in [1.29, 1.82) is 0 Å². The summed E-state index contributed by atoms with van der Waals surface area (Å²) in [6.45, 7) is 9.80. The summed E-state index contributed by atoms with van der Waals surface area (Å²) in [6.07, 6.45) is 2.97. The summed E-state index contributed by atoms with van der Waals surface area (Å²) in [5.74, 6) is 2.04. The van der Waals surface area contributed by atoms with Gasteiger partial charge in [-0.3, -0.25) is 0 Å². The Labute approximate surface area is 64.0 Å². The van der Waals surface area contributed by atoms with Crippen LogP contribution in [0.5, 0.6) is 0 Å². The monoisotopic (exact) mass is 138 g/mol. The summed E-state index contributed by atoms with van der Waals surface area (Å²) >= 11 is 0. The molecule has 0 amide bonds. The van der Waals surface area contributed by atoms with Gasteiger partial charge in [-0.2, -0.15) is 0 Å². The van der Waals surface area contributed by atoms with Crippen LogP contribution in [0.2, 0.25) is 0 Å². The lowest BCUT2D eigenvalue weighted by molar-refractivity contribution is -0.107. The maximum atomic E-state index is 2.47. The molecule has 0 N–H and O–H groups in total. The molecule has 3 rings (SSSR count). The third-order valence-electron chi connectivity index (χ3n) is 4.98. The predicted octanol–water partition coefficient (Wildman–Crippen LogP) is 3.08. The van der Waals surface area contributed by atoms with E-state index in [0.29, 0.717) is 10.8 Å². The summed E-state index contributed by atoms with van der Waals surface area (Å²) in [4.78, 5) is 0. The third kappa shape index (κ3) is 0.408. The predicted molar refractivity (Wildman–Crippen MR) is 43.8 cm³/mol. The van der Waals surface area contributed by atoms with E-state index in [1.807, 2.05) is 0 Å². The van der Waals surface area contributed by atoms with Crippen LogP contribution in [0.3, 0.4) is 0 Å². The topological polar surface area (TPSA) is 0 Å². The molecule has 0 spiro atoms. The van der Waals surface area contributed by atoms with Gasteiger partial charge in [-0.15, -0.1) is 0 Å². The highest BCUT2D eigenvalue weighted by molar-refractivity contribution is 5.14. The fourth-order valence-electron chi connectivity index (χ4n) is 3.60. The molecule has 3 saturated carbocycles. The van der Waals surface area contributed by atoms with E-state index in [1.54, 1.807) is 0 Å². The van der Waals surface area contributed by atoms with Crippen molar-refractivity contribution in [3.05, 3.63) is 0 Å². The van der Waals surface area contributed by atoms with Crippen molar-refractivity contribution in [2.45, 2.75) is 40.5 Å². The van der Waals surface area contributed by atoms with E-state index >= 15 is 0 Å². The molecule has 58 valence electrons. The first-order valence-electron chi connectivity index (χ1n) is 4.50. The van der Waals surface area contributed by atoms with Gasteiger partial charge < -0.3 is 0 Å². The lowest BCUT2D eigenvalue weighted by atomic mass is 9.46. The number of fused-ring (bicyclic) bond motifs is 1. The van der Waals surface area contributed by atoms with Gasteiger partial charge >= 0.3 is 0 Å². The molecule has 10 heavy (non-hydrogen) atoms. The van der Waals surface area contributed by atoms with Crippen LogP contribution in [0.15, 0.2) is 0 Å². The summed E-state index contributed by atoms with van der Waals surface area (Å²) in [6, 6.07) is 0. The van der Waals surface area contributed by atoms with Gasteiger partial charge in [-0.1, -0.05) is 27.7 Å². The number of hydrogen-bond donors (Lipinski definition) is 0. The molecule has 3 unspecified atom stereocenters. The largest absolute Gasteiger partial charge is 0.0617 e. The standard InChI is InChI=1S/C10H18/c1-7-8-5-6-10(7,4)9(8,2)3/h7-8H,5-6H2,1-4H3. The minimum Gasteiger partial charge on any atom is -0.0617 e. The zero-order chi connectivity index (χ0) is 7.57. The molecular formula is C10H18. The molecular weight excluding hydrogens is 120 g/mol. The average Bonchev–Trinajstić information content (AvgIpc) is 2.23. The van der Waals surface area contributed by atoms with E-state index < -0.39 is 0 Å². The Morgan fingerprint density at radius 3 is 1.90 bits per heavy atom. The van der Waals surface area contributed by atoms with Crippen molar-refractivity contribution in [2.24, 2.45) is 22.7 Å². The Bertz CT molecular complexity index is 169. The van der Waals surface area contributed by atoms with Crippen LogP contribution in [0, 0.1) is 22.7 Å². The van der Waals surface area contributed by atoms with Crippen molar-refractivity contribution in [1.82, 2.24) is 0 Å². The first-order valence-corrected chi connectivity index (χ1v) is 4.50. The van der Waals surface area contributed by atoms with Crippen molar-refractivity contribution < 1.29 is 0 Å². The second-order valence-corrected chi connectivity index (χ2v) is 5.07. The molecule has 0 aromatic carbocycles. The molecule has 0 aliphatic heterocycles. The summed E-state index contributed by atoms with van der Waals surface area (Å²) in [5.41, 5.74) is 1.35. The molecule has 0 heterocycles. The first kappa shape index (κ1) is 6.69. The van der Waals surface area contributed by atoms with Gasteiger partial charge in [-0.25, -0.2) is 0 Å². The van der Waals surface area contributed by atoms with E-state index in [1.165, 1.54) is 12.8 Å². The van der Waals surface area contributed by atoms with E-state index in [0.717, 1.165) is 11.8 Å². The molecule has 0 radical (unpaired) electrons. The zero-order valence-corrected chi connectivity index (χ0v) is 7.57. The smallest absolute Gasteiger partial charge is 0.0243 e. The molecule has 3 aliphatic carbocycles. The minimum absolute atomic E-state index is 0.659. The van der Waals surface area contributed by atoms with Crippen LogP contribution in [-0.2, 0) is 0 Å². The molecule has 3 aliphatic rings. The van der Waals surface area contributed by atoms with Gasteiger partial charge in [-0.05, 0) is 35.5 Å². The number of hydrogen-bond acceptors (Lipinski definition) is 0. The van der Waals surface area contributed by atoms with Crippen molar-refractivity contribution in [2.75, 3.05) is 0 Å². The SMILES string of the molecule is CC1C2CCC1(C)C2(C)C. The molecule has 0 aromatic rings. The van der Waals surface area contributed by atoms with E-state index in [-0.39, 0.29) is 0 Å². The Morgan fingerprint density at radius 1 is 1.20 bits per heavy atom. The Morgan fingerprint density at radius 2 is 1.80 bits per heavy atom. The van der Waals surface area contributed by atoms with Gasteiger partial charge in [0.2, 0.25) is 0 Å². The maximum absolute atomic E-state index is 2.47. The molecule has 0 nitrogen and oxygen atoms in total. The summed E-state index contributed by atoms with van der Waals surface area (Å²) in [5, 5.41) is 0. The van der Waals surface area contributed by atoms with E-state index in [4.69, 9.17) is 0 Å². The van der Waals surface area contributed by atoms with Crippen LogP contribution >= 0.6 is 0 Å². The quantitative estimate of drug-likeness (QED) is 0.482. The Kier molecular flexibility index (Phi) is 0.964. The Hall–Kier alpha value is 0. The first-order chi connectivity index (χ1) is 4.50. The second-order valence-electron chi connectivity index (χ2n) is 5.07. The van der Waals surface area contributed by atoms with Gasteiger partial charge in [0, 0.05) is 0 Å². The van der Waals surface area contributed by atoms with Gasteiger partial charge in [0.15, 0.2) is 0 Å². The molecule has 2 bridgehead atoms. The van der Waals surface area contributed by atoms with Gasteiger partial charge in [0.05, 0.1) is 0 Å². The van der Waals surface area contributed by atoms with Crippen LogP contribution in [0.4, 0.5) is 0 Å². The zero-order valence-electron chi connectivity index (χ0n) is 7.57. The van der Waals surface area contributed by atoms with Crippen LogP contribution in [-0.4, -0.2) is 0 Å². The van der Waals surface area contributed by atoms with Crippen LogP contribution in [0.1, 0.15) is 40.5 Å². The van der Waals surface area contributed by atoms with E-state index in [9.17, 15) is 0 Å². The highest BCUT2D eigenvalue weighted by atomic mass is 14.7. The summed E-state index contributed by atoms with van der Waals surface area (Å²) in [7, 11) is 0. The third-order valence-corrected chi connectivity index (χ3v) is 4.98. The Balaban J connectivity index is 2.35. The average molecular weight is 138 g/mol. The van der Waals surface area contributed by atoms with Gasteiger partial charge in [0.25, 0.3) is 0 Å². The molecule has 0 heteroatoms. The van der Waals surface area contributed by atoms with E-state index in [2.05, 4.69) is 27.7 Å². The summed E-state index contributed by atoms with van der Waals surface area (Å²) < 4.78 is 0. The number of rotatable bonds is 0. The van der Waals surface area contributed by atoms with Crippen LogP contribution in [0.25, 0.3) is 0 Å². The fourth-order valence-corrected chi connectivity index (χ4v) is 3.60. The lowest BCUT2D eigenvalue weighted by Crippen LogP contribution is -2.53. The normalized spacial score (nSPS) is 56.4.